The van der Waals surface area contributed by atoms with Crippen LogP contribution in [0.4, 0.5) is 11.6 Å². The summed E-state index contributed by atoms with van der Waals surface area (Å²) in [6.45, 7) is 1.97. The third-order valence-electron chi connectivity index (χ3n) is 4.05. The van der Waals surface area contributed by atoms with Crippen molar-refractivity contribution in [3.8, 4) is 0 Å². The van der Waals surface area contributed by atoms with Gasteiger partial charge in [0.2, 0.25) is 11.9 Å². The Kier molecular flexibility index (Phi) is 3.26. The molecule has 2 N–H and O–H groups in total. The van der Waals surface area contributed by atoms with Gasteiger partial charge in [0.15, 0.2) is 5.65 Å². The van der Waals surface area contributed by atoms with Crippen molar-refractivity contribution in [2.75, 3.05) is 10.6 Å². The van der Waals surface area contributed by atoms with E-state index in [2.05, 4.69) is 20.8 Å². The summed E-state index contributed by atoms with van der Waals surface area (Å²) in [6, 6.07) is 9.06. The molecule has 24 heavy (non-hydrogen) atoms. The zero-order valence-electron chi connectivity index (χ0n) is 13.0. The lowest BCUT2D eigenvalue weighted by Gasteiger charge is -2.17. The lowest BCUT2D eigenvalue weighted by atomic mass is 10.0. The number of hydrogen-bond acceptors (Lipinski definition) is 4. The highest BCUT2D eigenvalue weighted by molar-refractivity contribution is 6.04. The van der Waals surface area contributed by atoms with Crippen LogP contribution >= 0.6 is 0 Å². The Balaban J connectivity index is 1.61. The van der Waals surface area contributed by atoms with E-state index in [0.717, 1.165) is 16.8 Å². The van der Waals surface area contributed by atoms with Crippen molar-refractivity contribution in [2.45, 2.75) is 19.8 Å². The van der Waals surface area contributed by atoms with Crippen molar-refractivity contribution in [3.63, 3.8) is 0 Å². The second-order valence-corrected chi connectivity index (χ2v) is 5.83. The predicted molar refractivity (Wildman–Crippen MR) is 89.1 cm³/mol. The summed E-state index contributed by atoms with van der Waals surface area (Å²) in [4.78, 5) is 23.9. The van der Waals surface area contributed by atoms with E-state index in [1.807, 2.05) is 25.3 Å². The molecule has 4 rings (SSSR count). The van der Waals surface area contributed by atoms with Gasteiger partial charge in [-0.25, -0.2) is 0 Å². The molecule has 0 aliphatic carbocycles. The van der Waals surface area contributed by atoms with E-state index >= 15 is 0 Å². The highest BCUT2D eigenvalue weighted by atomic mass is 16.2. The number of nitrogens with zero attached hydrogens (tertiary/aromatic N) is 3. The summed E-state index contributed by atoms with van der Waals surface area (Å²) in [6.07, 6.45) is 2.89. The van der Waals surface area contributed by atoms with Gasteiger partial charge in [0.05, 0.1) is 0 Å². The van der Waals surface area contributed by atoms with Gasteiger partial charge in [0.1, 0.15) is 0 Å². The Hall–Kier alpha value is -3.22. The molecule has 2 aromatic heterocycles. The molecular formula is C17H15N5O2. The lowest BCUT2D eigenvalue weighted by molar-refractivity contribution is -0.116. The number of aryl methyl sites for hydroxylation is 2. The molecule has 0 saturated carbocycles. The molecule has 1 aromatic carbocycles. The highest BCUT2D eigenvalue weighted by Crippen LogP contribution is 2.24. The number of nitrogens with one attached hydrogen (secondary N) is 2. The molecule has 1 aliphatic heterocycles. The molecule has 1 aliphatic rings. The van der Waals surface area contributed by atoms with Crippen molar-refractivity contribution in [1.29, 1.82) is 0 Å². The first-order valence-corrected chi connectivity index (χ1v) is 7.66. The number of benzene rings is 1. The standard InChI is InChI=1S/C17H15N5O2/c1-10-6-7-22-14(8-10)20-21-17(22)19-16(24)12-2-4-13-11(9-12)3-5-15(23)18-13/h2,4,6-9H,3,5H2,1H3,(H,18,23)(H,19,21,24). The highest BCUT2D eigenvalue weighted by Gasteiger charge is 2.17. The maximum Gasteiger partial charge on any atom is 0.258 e. The normalized spacial score (nSPS) is 13.5. The largest absolute Gasteiger partial charge is 0.326 e. The number of anilines is 2. The minimum Gasteiger partial charge on any atom is -0.326 e. The van der Waals surface area contributed by atoms with Gasteiger partial charge < -0.3 is 5.32 Å². The molecule has 0 atom stereocenters. The number of rotatable bonds is 2. The van der Waals surface area contributed by atoms with E-state index in [-0.39, 0.29) is 11.8 Å². The lowest BCUT2D eigenvalue weighted by Crippen LogP contribution is -2.20. The van der Waals surface area contributed by atoms with Crippen molar-refractivity contribution in [3.05, 3.63) is 53.2 Å². The second kappa shape index (κ2) is 5.45. The molecule has 3 aromatic rings. The topological polar surface area (TPSA) is 88.4 Å². The van der Waals surface area contributed by atoms with Crippen LogP contribution in [-0.2, 0) is 11.2 Å². The average Bonchev–Trinajstić information content (AvgIpc) is 2.96. The molecule has 7 heteroatoms. The first kappa shape index (κ1) is 14.4. The third kappa shape index (κ3) is 2.50. The second-order valence-electron chi connectivity index (χ2n) is 5.83. The minimum atomic E-state index is -0.260. The SMILES string of the molecule is Cc1ccn2c(NC(=O)c3ccc4c(c3)CCC(=O)N4)nnc2c1. The van der Waals surface area contributed by atoms with Crippen LogP contribution in [0.1, 0.15) is 27.9 Å². The monoisotopic (exact) mass is 321 g/mol. The van der Waals surface area contributed by atoms with E-state index in [1.165, 1.54) is 0 Å². The van der Waals surface area contributed by atoms with Crippen LogP contribution in [0.3, 0.4) is 0 Å². The van der Waals surface area contributed by atoms with Crippen LogP contribution in [-0.4, -0.2) is 26.4 Å². The van der Waals surface area contributed by atoms with Gasteiger partial charge in [-0.15, -0.1) is 10.2 Å². The Labute approximate surface area is 137 Å². The molecule has 120 valence electrons. The summed E-state index contributed by atoms with van der Waals surface area (Å²) in [5.74, 6) is 0.121. The average molecular weight is 321 g/mol. The molecule has 2 amide bonds. The van der Waals surface area contributed by atoms with Gasteiger partial charge in [0, 0.05) is 23.9 Å². The summed E-state index contributed by atoms with van der Waals surface area (Å²) < 4.78 is 1.73. The van der Waals surface area contributed by atoms with Crippen molar-refractivity contribution in [1.82, 2.24) is 14.6 Å². The fourth-order valence-corrected chi connectivity index (χ4v) is 2.78. The van der Waals surface area contributed by atoms with Crippen LogP contribution in [0.5, 0.6) is 0 Å². The van der Waals surface area contributed by atoms with Gasteiger partial charge in [-0.05, 0) is 54.8 Å². The van der Waals surface area contributed by atoms with E-state index in [4.69, 9.17) is 0 Å². The summed E-state index contributed by atoms with van der Waals surface area (Å²) >= 11 is 0. The fourth-order valence-electron chi connectivity index (χ4n) is 2.78. The number of carbonyl (C=O) groups excluding carboxylic acids is 2. The predicted octanol–water partition coefficient (Wildman–Crippen LogP) is 2.17. The van der Waals surface area contributed by atoms with E-state index in [1.54, 1.807) is 22.6 Å². The number of pyridine rings is 1. The van der Waals surface area contributed by atoms with Crippen LogP contribution in [0.25, 0.3) is 5.65 Å². The number of carbonyl (C=O) groups is 2. The summed E-state index contributed by atoms with van der Waals surface area (Å²) in [7, 11) is 0. The maximum atomic E-state index is 12.5. The molecular weight excluding hydrogens is 306 g/mol. The Morgan fingerprint density at radius 2 is 2.08 bits per heavy atom. The fraction of sp³-hybridized carbons (Fsp3) is 0.176. The minimum absolute atomic E-state index is 0.00456. The smallest absolute Gasteiger partial charge is 0.258 e. The Bertz CT molecular complexity index is 976. The summed E-state index contributed by atoms with van der Waals surface area (Å²) in [5.41, 5.74) is 4.01. The van der Waals surface area contributed by atoms with E-state index in [0.29, 0.717) is 30.0 Å². The van der Waals surface area contributed by atoms with Gasteiger partial charge in [0.25, 0.3) is 5.91 Å². The van der Waals surface area contributed by atoms with Gasteiger partial charge in [-0.3, -0.25) is 19.3 Å². The molecule has 0 radical (unpaired) electrons. The Morgan fingerprint density at radius 3 is 2.96 bits per heavy atom. The first-order valence-electron chi connectivity index (χ1n) is 7.66. The van der Waals surface area contributed by atoms with Crippen LogP contribution in [0.2, 0.25) is 0 Å². The van der Waals surface area contributed by atoms with Crippen LogP contribution in [0, 0.1) is 6.92 Å². The molecule has 0 bridgehead atoms. The summed E-state index contributed by atoms with van der Waals surface area (Å²) in [5, 5.41) is 13.7. The van der Waals surface area contributed by atoms with Gasteiger partial charge >= 0.3 is 0 Å². The van der Waals surface area contributed by atoms with Gasteiger partial charge in [-0.1, -0.05) is 0 Å². The maximum absolute atomic E-state index is 12.5. The van der Waals surface area contributed by atoms with Crippen LogP contribution in [0.15, 0.2) is 36.5 Å². The number of aromatic nitrogens is 3. The molecule has 0 fully saturated rings. The van der Waals surface area contributed by atoms with Crippen LogP contribution < -0.4 is 10.6 Å². The number of fused-ring (bicyclic) bond motifs is 2. The number of amides is 2. The molecule has 3 heterocycles. The molecule has 0 unspecified atom stereocenters. The van der Waals surface area contributed by atoms with E-state index in [9.17, 15) is 9.59 Å². The van der Waals surface area contributed by atoms with Crippen molar-refractivity contribution >= 4 is 29.1 Å². The van der Waals surface area contributed by atoms with Crippen molar-refractivity contribution < 1.29 is 9.59 Å². The van der Waals surface area contributed by atoms with Crippen molar-refractivity contribution in [2.24, 2.45) is 0 Å². The molecule has 0 spiro atoms. The zero-order chi connectivity index (χ0) is 16.7. The zero-order valence-corrected chi connectivity index (χ0v) is 13.0. The third-order valence-corrected chi connectivity index (χ3v) is 4.05. The quantitative estimate of drug-likeness (QED) is 0.757. The van der Waals surface area contributed by atoms with E-state index < -0.39 is 0 Å². The molecule has 7 nitrogen and oxygen atoms in total. The molecule has 0 saturated heterocycles. The first-order chi connectivity index (χ1) is 11.6. The van der Waals surface area contributed by atoms with Gasteiger partial charge in [-0.2, -0.15) is 0 Å². The number of hydrogen-bond donors (Lipinski definition) is 2. The Morgan fingerprint density at radius 1 is 1.21 bits per heavy atom.